The second kappa shape index (κ2) is 6.17. The van der Waals surface area contributed by atoms with Crippen LogP contribution >= 0.6 is 11.6 Å². The van der Waals surface area contributed by atoms with Gasteiger partial charge in [-0.05, 0) is 55.3 Å². The molecule has 0 atom stereocenters. The Morgan fingerprint density at radius 3 is 2.26 bits per heavy atom. The minimum atomic E-state index is -4.03. The highest BCUT2D eigenvalue weighted by Gasteiger charge is 2.20. The Bertz CT molecular complexity index is 875. The van der Waals surface area contributed by atoms with E-state index in [1.54, 1.807) is 0 Å². The predicted octanol–water partition coefficient (Wildman–Crippen LogP) is 3.00. The van der Waals surface area contributed by atoms with E-state index in [-0.39, 0.29) is 32.3 Å². The molecule has 5 nitrogen and oxygen atoms in total. The van der Waals surface area contributed by atoms with Crippen molar-refractivity contribution in [1.29, 1.82) is 0 Å². The molecule has 2 aromatic rings. The maximum absolute atomic E-state index is 13.7. The van der Waals surface area contributed by atoms with Crippen molar-refractivity contribution >= 4 is 33.2 Å². The number of halogens is 2. The van der Waals surface area contributed by atoms with E-state index in [0.29, 0.717) is 0 Å². The molecule has 2 aromatic carbocycles. The third-order valence-corrected chi connectivity index (χ3v) is 4.79. The second-order valence-electron chi connectivity index (χ2n) is 5.03. The van der Waals surface area contributed by atoms with E-state index in [9.17, 15) is 17.6 Å². The molecule has 23 heavy (non-hydrogen) atoms. The van der Waals surface area contributed by atoms with Gasteiger partial charge in [-0.3, -0.25) is 9.52 Å². The van der Waals surface area contributed by atoms with Crippen LogP contribution in [-0.4, -0.2) is 14.3 Å². The smallest absolute Gasteiger partial charge is 0.261 e. The fourth-order valence-corrected chi connectivity index (χ4v) is 3.49. The topological polar surface area (TPSA) is 89.3 Å². The first-order valence-electron chi connectivity index (χ1n) is 6.51. The maximum Gasteiger partial charge on any atom is 0.261 e. The van der Waals surface area contributed by atoms with Crippen molar-refractivity contribution in [2.45, 2.75) is 18.7 Å². The van der Waals surface area contributed by atoms with Gasteiger partial charge < -0.3 is 5.73 Å². The Morgan fingerprint density at radius 1 is 1.17 bits per heavy atom. The molecule has 8 heteroatoms. The van der Waals surface area contributed by atoms with Crippen LogP contribution in [0.4, 0.5) is 10.1 Å². The van der Waals surface area contributed by atoms with Crippen molar-refractivity contribution in [3.63, 3.8) is 0 Å². The SMILES string of the molecule is Cc1cc(S(=O)(=O)Nc2cc(Cl)ccc2C(N)=O)cc(C)c1F. The number of hydrogen-bond donors (Lipinski definition) is 2. The number of aryl methyl sites for hydroxylation is 2. The lowest BCUT2D eigenvalue weighted by Crippen LogP contribution is -2.19. The van der Waals surface area contributed by atoms with Crippen molar-refractivity contribution in [3.05, 3.63) is 57.9 Å². The molecule has 0 aromatic heterocycles. The van der Waals surface area contributed by atoms with Gasteiger partial charge in [-0.15, -0.1) is 0 Å². The monoisotopic (exact) mass is 356 g/mol. The number of amides is 1. The summed E-state index contributed by atoms with van der Waals surface area (Å²) in [7, 11) is -4.03. The quantitative estimate of drug-likeness (QED) is 0.882. The number of sulfonamides is 1. The zero-order valence-electron chi connectivity index (χ0n) is 12.4. The predicted molar refractivity (Wildman–Crippen MR) is 86.7 cm³/mol. The Hall–Kier alpha value is -2.12. The van der Waals surface area contributed by atoms with Crippen molar-refractivity contribution in [2.24, 2.45) is 5.73 Å². The van der Waals surface area contributed by atoms with Gasteiger partial charge >= 0.3 is 0 Å². The van der Waals surface area contributed by atoms with Gasteiger partial charge in [-0.2, -0.15) is 0 Å². The Morgan fingerprint density at radius 2 is 1.74 bits per heavy atom. The average Bonchev–Trinajstić information content (AvgIpc) is 2.43. The van der Waals surface area contributed by atoms with Crippen LogP contribution in [0.2, 0.25) is 5.02 Å². The number of anilines is 1. The van der Waals surface area contributed by atoms with Gasteiger partial charge in [0.05, 0.1) is 16.1 Å². The molecule has 0 spiro atoms. The summed E-state index contributed by atoms with van der Waals surface area (Å²) < 4.78 is 40.9. The third kappa shape index (κ3) is 3.62. The summed E-state index contributed by atoms with van der Waals surface area (Å²) in [5, 5.41) is 0.235. The molecule has 0 saturated carbocycles. The molecule has 0 fully saturated rings. The number of carbonyl (C=O) groups is 1. The van der Waals surface area contributed by atoms with Crippen LogP contribution in [0.25, 0.3) is 0 Å². The summed E-state index contributed by atoms with van der Waals surface area (Å²) in [4.78, 5) is 11.3. The highest BCUT2D eigenvalue weighted by atomic mass is 35.5. The number of nitrogens with one attached hydrogen (secondary N) is 1. The van der Waals surface area contributed by atoms with Crippen LogP contribution in [0.1, 0.15) is 21.5 Å². The van der Waals surface area contributed by atoms with E-state index >= 15 is 0 Å². The molecule has 122 valence electrons. The summed E-state index contributed by atoms with van der Waals surface area (Å²) in [6, 6.07) is 6.44. The standard InChI is InChI=1S/C15H14ClFN2O3S/c1-8-5-11(6-9(2)14(8)17)23(21,22)19-13-7-10(16)3-4-12(13)15(18)20/h3-7,19H,1-2H3,(H2,18,20). The molecule has 3 N–H and O–H groups in total. The first kappa shape index (κ1) is 17.2. The molecular weight excluding hydrogens is 343 g/mol. The van der Waals surface area contributed by atoms with Crippen LogP contribution in [0.3, 0.4) is 0 Å². The van der Waals surface area contributed by atoms with Gasteiger partial charge in [-0.25, -0.2) is 12.8 Å². The van der Waals surface area contributed by atoms with Crippen molar-refractivity contribution < 1.29 is 17.6 Å². The first-order chi connectivity index (χ1) is 10.6. The molecule has 1 amide bonds. The summed E-state index contributed by atoms with van der Waals surface area (Å²) in [5.41, 5.74) is 5.57. The lowest BCUT2D eigenvalue weighted by Gasteiger charge is -2.13. The van der Waals surface area contributed by atoms with Crippen molar-refractivity contribution in [2.75, 3.05) is 4.72 Å². The summed E-state index contributed by atoms with van der Waals surface area (Å²) in [6.45, 7) is 2.94. The summed E-state index contributed by atoms with van der Waals surface area (Å²) >= 11 is 5.83. The van der Waals surface area contributed by atoms with Crippen LogP contribution in [-0.2, 0) is 10.0 Å². The number of benzene rings is 2. The van der Waals surface area contributed by atoms with Gasteiger partial charge in [0.2, 0.25) is 0 Å². The maximum atomic E-state index is 13.7. The minimum Gasteiger partial charge on any atom is -0.366 e. The lowest BCUT2D eigenvalue weighted by molar-refractivity contribution is 0.100. The average molecular weight is 357 g/mol. The molecule has 0 aliphatic carbocycles. The van der Waals surface area contributed by atoms with Gasteiger partial charge in [0, 0.05) is 5.02 Å². The van der Waals surface area contributed by atoms with Gasteiger partial charge in [0.25, 0.3) is 15.9 Å². The van der Waals surface area contributed by atoms with E-state index in [0.717, 1.165) is 0 Å². The number of rotatable bonds is 4. The highest BCUT2D eigenvalue weighted by molar-refractivity contribution is 7.92. The van der Waals surface area contributed by atoms with Crippen molar-refractivity contribution in [3.8, 4) is 0 Å². The highest BCUT2D eigenvalue weighted by Crippen LogP contribution is 2.25. The molecule has 2 rings (SSSR count). The first-order valence-corrected chi connectivity index (χ1v) is 8.37. The number of nitrogens with two attached hydrogens (primary N) is 1. The fourth-order valence-electron chi connectivity index (χ4n) is 2.08. The van der Waals surface area contributed by atoms with E-state index < -0.39 is 21.7 Å². The van der Waals surface area contributed by atoms with E-state index in [2.05, 4.69) is 4.72 Å². The zero-order valence-corrected chi connectivity index (χ0v) is 13.9. The molecule has 0 bridgehead atoms. The molecule has 0 saturated heterocycles. The number of hydrogen-bond acceptors (Lipinski definition) is 3. The Labute approximate surface area is 138 Å². The molecule has 0 aliphatic rings. The van der Waals surface area contributed by atoms with Crippen LogP contribution in [0.5, 0.6) is 0 Å². The van der Waals surface area contributed by atoms with Gasteiger partial charge in [-0.1, -0.05) is 11.6 Å². The van der Waals surface area contributed by atoms with E-state index in [4.69, 9.17) is 17.3 Å². The zero-order chi connectivity index (χ0) is 17.4. The Balaban J connectivity index is 2.51. The number of primary amides is 1. The number of carbonyl (C=O) groups excluding carboxylic acids is 1. The largest absolute Gasteiger partial charge is 0.366 e. The van der Waals surface area contributed by atoms with Crippen molar-refractivity contribution in [1.82, 2.24) is 0 Å². The van der Waals surface area contributed by atoms with E-state index in [1.807, 2.05) is 0 Å². The van der Waals surface area contributed by atoms with Gasteiger partial charge in [0.1, 0.15) is 5.82 Å². The van der Waals surface area contributed by atoms with E-state index in [1.165, 1.54) is 44.2 Å². The van der Waals surface area contributed by atoms with Crippen LogP contribution in [0.15, 0.2) is 35.2 Å². The molecule has 0 heterocycles. The summed E-state index contributed by atoms with van der Waals surface area (Å²) in [5.74, 6) is -1.27. The van der Waals surface area contributed by atoms with Crippen LogP contribution in [0, 0.1) is 19.7 Å². The fraction of sp³-hybridized carbons (Fsp3) is 0.133. The second-order valence-corrected chi connectivity index (χ2v) is 7.15. The molecule has 0 aliphatic heterocycles. The summed E-state index contributed by atoms with van der Waals surface area (Å²) in [6.07, 6.45) is 0. The Kier molecular flexibility index (Phi) is 4.63. The molecule has 0 radical (unpaired) electrons. The normalized spacial score (nSPS) is 11.3. The van der Waals surface area contributed by atoms with Gasteiger partial charge in [0.15, 0.2) is 0 Å². The third-order valence-electron chi connectivity index (χ3n) is 3.21. The molecule has 0 unspecified atom stereocenters. The van der Waals surface area contributed by atoms with Crippen LogP contribution < -0.4 is 10.5 Å². The lowest BCUT2D eigenvalue weighted by atomic mass is 10.1. The molecular formula is C15H14ClFN2O3S. The minimum absolute atomic E-state index is 0.0199.